The molecule has 1 N–H and O–H groups in total. The molecule has 0 spiro atoms. The van der Waals surface area contributed by atoms with Crippen LogP contribution in [-0.4, -0.2) is 15.9 Å². The van der Waals surface area contributed by atoms with E-state index in [0.717, 1.165) is 23.1 Å². The predicted octanol–water partition coefficient (Wildman–Crippen LogP) is 4.38. The summed E-state index contributed by atoms with van der Waals surface area (Å²) in [7, 11) is 0. The second kappa shape index (κ2) is 6.52. The number of hydrogen-bond donors (Lipinski definition) is 1. The average molecular weight is 287 g/mol. The van der Waals surface area contributed by atoms with Crippen molar-refractivity contribution in [1.29, 1.82) is 0 Å². The highest BCUT2D eigenvalue weighted by atomic mass is 16.6. The first-order valence-corrected chi connectivity index (χ1v) is 7.31. The molecule has 2 rings (SSSR count). The summed E-state index contributed by atoms with van der Waals surface area (Å²) >= 11 is 0. The van der Waals surface area contributed by atoms with Crippen LogP contribution in [0.4, 0.5) is 11.5 Å². The van der Waals surface area contributed by atoms with Crippen molar-refractivity contribution in [3.63, 3.8) is 0 Å². The molecule has 0 amide bonds. The minimum atomic E-state index is -0.389. The van der Waals surface area contributed by atoms with Crippen molar-refractivity contribution in [2.75, 3.05) is 5.32 Å². The number of nitro benzene ring substituents is 1. The van der Waals surface area contributed by atoms with Crippen LogP contribution in [0.2, 0.25) is 0 Å². The van der Waals surface area contributed by atoms with Gasteiger partial charge in [0.2, 0.25) is 0 Å². The van der Waals surface area contributed by atoms with Crippen LogP contribution in [0.25, 0.3) is 10.9 Å². The van der Waals surface area contributed by atoms with E-state index in [4.69, 9.17) is 0 Å². The second-order valence-electron chi connectivity index (χ2n) is 5.63. The van der Waals surface area contributed by atoms with Crippen molar-refractivity contribution in [1.82, 2.24) is 4.98 Å². The topological polar surface area (TPSA) is 68.1 Å². The maximum Gasteiger partial charge on any atom is 0.270 e. The van der Waals surface area contributed by atoms with Crippen LogP contribution in [0.15, 0.2) is 30.3 Å². The zero-order valence-corrected chi connectivity index (χ0v) is 12.7. The fourth-order valence-corrected chi connectivity index (χ4v) is 2.39. The first kappa shape index (κ1) is 15.2. The zero-order valence-electron chi connectivity index (χ0n) is 12.7. The summed E-state index contributed by atoms with van der Waals surface area (Å²) in [6.45, 7) is 6.58. The molecule has 0 aliphatic rings. The van der Waals surface area contributed by atoms with E-state index in [-0.39, 0.29) is 10.6 Å². The fourth-order valence-electron chi connectivity index (χ4n) is 2.39. The van der Waals surface area contributed by atoms with Gasteiger partial charge in [0.05, 0.1) is 10.4 Å². The van der Waals surface area contributed by atoms with Gasteiger partial charge >= 0.3 is 0 Å². The van der Waals surface area contributed by atoms with Crippen LogP contribution < -0.4 is 5.32 Å². The van der Waals surface area contributed by atoms with Gasteiger partial charge < -0.3 is 5.32 Å². The first-order chi connectivity index (χ1) is 9.99. The molecular formula is C16H21N3O2. The number of aromatic nitrogens is 1. The molecule has 21 heavy (non-hydrogen) atoms. The zero-order chi connectivity index (χ0) is 15.4. The minimum Gasteiger partial charge on any atom is -0.368 e. The number of nitro groups is 1. The fraction of sp³-hybridized carbons (Fsp3) is 0.438. The van der Waals surface area contributed by atoms with Crippen LogP contribution in [0, 0.1) is 16.0 Å². The second-order valence-corrected chi connectivity index (χ2v) is 5.63. The van der Waals surface area contributed by atoms with Crippen LogP contribution in [0.1, 0.15) is 33.6 Å². The van der Waals surface area contributed by atoms with Crippen molar-refractivity contribution in [3.05, 3.63) is 40.4 Å². The average Bonchev–Trinajstić information content (AvgIpc) is 2.46. The Balaban J connectivity index is 2.15. The Hall–Kier alpha value is -2.17. The van der Waals surface area contributed by atoms with E-state index >= 15 is 0 Å². The van der Waals surface area contributed by atoms with E-state index < -0.39 is 0 Å². The monoisotopic (exact) mass is 287 g/mol. The Morgan fingerprint density at radius 1 is 1.29 bits per heavy atom. The Kier molecular flexibility index (Phi) is 4.73. The third-order valence-electron chi connectivity index (χ3n) is 3.73. The summed E-state index contributed by atoms with van der Waals surface area (Å²) in [5, 5.41) is 14.9. The molecule has 0 radical (unpaired) electrons. The number of pyridine rings is 1. The highest BCUT2D eigenvalue weighted by Crippen LogP contribution is 2.22. The van der Waals surface area contributed by atoms with E-state index in [1.165, 1.54) is 12.5 Å². The lowest BCUT2D eigenvalue weighted by atomic mass is 10.0. The van der Waals surface area contributed by atoms with E-state index in [0.29, 0.717) is 12.0 Å². The van der Waals surface area contributed by atoms with Crippen LogP contribution in [0.5, 0.6) is 0 Å². The van der Waals surface area contributed by atoms with Gasteiger partial charge in [-0.1, -0.05) is 20.3 Å². The minimum absolute atomic E-state index is 0.0927. The lowest BCUT2D eigenvalue weighted by molar-refractivity contribution is -0.384. The largest absolute Gasteiger partial charge is 0.368 e. The Bertz CT molecular complexity index is 642. The molecule has 1 heterocycles. The van der Waals surface area contributed by atoms with Gasteiger partial charge in [-0.05, 0) is 37.5 Å². The molecule has 2 unspecified atom stereocenters. The summed E-state index contributed by atoms with van der Waals surface area (Å²) in [6, 6.07) is 8.82. The first-order valence-electron chi connectivity index (χ1n) is 7.31. The van der Waals surface area contributed by atoms with Gasteiger partial charge in [0.25, 0.3) is 5.69 Å². The summed E-state index contributed by atoms with van der Waals surface area (Å²) in [5.74, 6) is 1.49. The van der Waals surface area contributed by atoms with Gasteiger partial charge in [-0.15, -0.1) is 0 Å². The quantitative estimate of drug-likeness (QED) is 0.632. The molecule has 5 heteroatoms. The number of anilines is 1. The summed E-state index contributed by atoms with van der Waals surface area (Å²) in [4.78, 5) is 14.9. The molecular weight excluding hydrogens is 266 g/mol. The van der Waals surface area contributed by atoms with E-state index in [1.54, 1.807) is 12.1 Å². The molecule has 112 valence electrons. The Labute approximate surface area is 124 Å². The number of hydrogen-bond acceptors (Lipinski definition) is 4. The van der Waals surface area contributed by atoms with Crippen molar-refractivity contribution in [2.45, 2.75) is 39.7 Å². The van der Waals surface area contributed by atoms with Crippen molar-refractivity contribution in [2.24, 2.45) is 5.92 Å². The van der Waals surface area contributed by atoms with Gasteiger partial charge in [-0.3, -0.25) is 10.1 Å². The number of non-ortho nitro benzene ring substituents is 1. The maximum atomic E-state index is 10.8. The van der Waals surface area contributed by atoms with E-state index in [9.17, 15) is 10.1 Å². The summed E-state index contributed by atoms with van der Waals surface area (Å²) in [5.41, 5.74) is 0.858. The molecule has 0 saturated heterocycles. The van der Waals surface area contributed by atoms with E-state index in [1.807, 2.05) is 12.1 Å². The molecule has 1 aromatic carbocycles. The van der Waals surface area contributed by atoms with Crippen molar-refractivity contribution in [3.8, 4) is 0 Å². The van der Waals surface area contributed by atoms with Crippen molar-refractivity contribution >= 4 is 22.4 Å². The Morgan fingerprint density at radius 2 is 2.05 bits per heavy atom. The number of fused-ring (bicyclic) bond motifs is 1. The summed E-state index contributed by atoms with van der Waals surface area (Å²) < 4.78 is 0. The van der Waals surface area contributed by atoms with Crippen LogP contribution in [-0.2, 0) is 0 Å². The van der Waals surface area contributed by atoms with Gasteiger partial charge in [-0.2, -0.15) is 0 Å². The van der Waals surface area contributed by atoms with Gasteiger partial charge in [0.1, 0.15) is 5.82 Å². The molecule has 0 saturated carbocycles. The molecule has 1 aromatic heterocycles. The Morgan fingerprint density at radius 3 is 2.71 bits per heavy atom. The standard InChI is InChI=1S/C16H21N3O2/c1-4-11(2)9-12(3)17-16-8-5-13-10-14(19(20)21)6-7-15(13)18-16/h5-8,10-12H,4,9H2,1-3H3,(H,17,18). The van der Waals surface area contributed by atoms with Crippen LogP contribution >= 0.6 is 0 Å². The smallest absolute Gasteiger partial charge is 0.270 e. The number of nitrogens with zero attached hydrogens (tertiary/aromatic N) is 2. The third-order valence-corrected chi connectivity index (χ3v) is 3.73. The molecule has 0 aliphatic heterocycles. The number of nitrogens with one attached hydrogen (secondary N) is 1. The third kappa shape index (κ3) is 3.90. The molecule has 0 fully saturated rings. The van der Waals surface area contributed by atoms with Gasteiger partial charge in [0, 0.05) is 23.6 Å². The molecule has 2 atom stereocenters. The highest BCUT2D eigenvalue weighted by Gasteiger charge is 2.10. The number of benzene rings is 1. The predicted molar refractivity (Wildman–Crippen MR) is 85.6 cm³/mol. The lowest BCUT2D eigenvalue weighted by Crippen LogP contribution is -2.18. The normalized spacial score (nSPS) is 13.9. The number of rotatable bonds is 6. The maximum absolute atomic E-state index is 10.8. The van der Waals surface area contributed by atoms with E-state index in [2.05, 4.69) is 31.1 Å². The molecule has 2 aromatic rings. The highest BCUT2D eigenvalue weighted by molar-refractivity contribution is 5.82. The van der Waals surface area contributed by atoms with Crippen LogP contribution in [0.3, 0.4) is 0 Å². The van der Waals surface area contributed by atoms with Gasteiger partial charge in [0.15, 0.2) is 0 Å². The lowest BCUT2D eigenvalue weighted by Gasteiger charge is -2.18. The van der Waals surface area contributed by atoms with Crippen molar-refractivity contribution < 1.29 is 4.92 Å². The molecule has 0 bridgehead atoms. The van der Waals surface area contributed by atoms with Gasteiger partial charge in [-0.25, -0.2) is 4.98 Å². The SMILES string of the molecule is CCC(C)CC(C)Nc1ccc2cc([N+](=O)[O-])ccc2n1. The summed E-state index contributed by atoms with van der Waals surface area (Å²) in [6.07, 6.45) is 2.26. The molecule has 0 aliphatic carbocycles. The molecule has 5 nitrogen and oxygen atoms in total.